The highest BCUT2D eigenvalue weighted by molar-refractivity contribution is 5.01. The summed E-state index contributed by atoms with van der Waals surface area (Å²) in [5.74, 6) is 1.33. The number of rotatable bonds is 8. The van der Waals surface area contributed by atoms with E-state index in [1.165, 1.54) is 32.1 Å². The Morgan fingerprint density at radius 2 is 2.05 bits per heavy atom. The lowest BCUT2D eigenvalue weighted by atomic mass is 9.63. The van der Waals surface area contributed by atoms with Crippen molar-refractivity contribution in [3.05, 3.63) is 0 Å². The van der Waals surface area contributed by atoms with Crippen molar-refractivity contribution in [1.82, 2.24) is 5.32 Å². The second-order valence-electron chi connectivity index (χ2n) is 8.11. The Labute approximate surface area is 125 Å². The van der Waals surface area contributed by atoms with Crippen LogP contribution in [-0.4, -0.2) is 24.4 Å². The fourth-order valence-electron chi connectivity index (χ4n) is 3.96. The van der Waals surface area contributed by atoms with Crippen molar-refractivity contribution in [3.8, 4) is 0 Å². The minimum Gasteiger partial charge on any atom is -0.381 e. The first-order valence-corrected chi connectivity index (χ1v) is 8.31. The van der Waals surface area contributed by atoms with Crippen LogP contribution in [0.25, 0.3) is 0 Å². The van der Waals surface area contributed by atoms with Crippen LogP contribution in [0, 0.1) is 22.7 Å². The van der Waals surface area contributed by atoms with Gasteiger partial charge in [-0.25, -0.2) is 0 Å². The van der Waals surface area contributed by atoms with Crippen molar-refractivity contribution in [1.29, 1.82) is 0 Å². The van der Waals surface area contributed by atoms with Crippen molar-refractivity contribution in [2.45, 2.75) is 72.8 Å². The molecular formula is C17H36N2O. The molecule has 0 aliphatic heterocycles. The molecular weight excluding hydrogens is 248 g/mol. The Morgan fingerprint density at radius 1 is 1.40 bits per heavy atom. The number of hydrogen-bond acceptors (Lipinski definition) is 3. The molecule has 0 amide bonds. The van der Waals surface area contributed by atoms with Gasteiger partial charge < -0.3 is 10.8 Å². The fourth-order valence-corrected chi connectivity index (χ4v) is 3.96. The number of nitrogens with two attached hydrogens (primary N) is 1. The Balaban J connectivity index is 2.73. The molecule has 1 saturated carbocycles. The summed E-state index contributed by atoms with van der Waals surface area (Å²) in [7, 11) is 0. The molecule has 1 aliphatic rings. The van der Waals surface area contributed by atoms with Gasteiger partial charge in [-0.1, -0.05) is 47.5 Å². The van der Waals surface area contributed by atoms with Crippen LogP contribution in [0.4, 0.5) is 0 Å². The molecule has 3 nitrogen and oxygen atoms in total. The smallest absolute Gasteiger partial charge is 0.0931 e. The standard InChI is InChI=1S/C17H36N2O/c1-13(2)8-10-16(3,4)15(18)17(5)9-6-7-14(17)11-19-12-20/h13-15,19-20H,6-12,18H2,1-5H3/t14-,15-,17-/m1/s1. The van der Waals surface area contributed by atoms with E-state index in [1.54, 1.807) is 0 Å². The lowest BCUT2D eigenvalue weighted by Gasteiger charge is -2.46. The Kier molecular flexibility index (Phi) is 6.49. The van der Waals surface area contributed by atoms with E-state index in [0.717, 1.165) is 12.5 Å². The maximum Gasteiger partial charge on any atom is 0.0931 e. The monoisotopic (exact) mass is 284 g/mol. The molecule has 3 atom stereocenters. The summed E-state index contributed by atoms with van der Waals surface area (Å²) >= 11 is 0. The van der Waals surface area contributed by atoms with Gasteiger partial charge >= 0.3 is 0 Å². The second kappa shape index (κ2) is 7.24. The molecule has 0 aromatic rings. The molecule has 0 unspecified atom stereocenters. The number of hydrogen-bond donors (Lipinski definition) is 3. The van der Waals surface area contributed by atoms with E-state index in [1.807, 2.05) is 0 Å². The summed E-state index contributed by atoms with van der Waals surface area (Å²) in [5, 5.41) is 12.1. The third-order valence-electron chi connectivity index (χ3n) is 5.62. The van der Waals surface area contributed by atoms with Gasteiger partial charge in [0.2, 0.25) is 0 Å². The van der Waals surface area contributed by atoms with Gasteiger partial charge in [0.05, 0.1) is 6.73 Å². The van der Waals surface area contributed by atoms with Crippen LogP contribution in [-0.2, 0) is 0 Å². The Bertz CT molecular complexity index is 291. The molecule has 1 aliphatic carbocycles. The van der Waals surface area contributed by atoms with Gasteiger partial charge in [0.15, 0.2) is 0 Å². The molecule has 0 radical (unpaired) electrons. The molecule has 0 saturated heterocycles. The highest BCUT2D eigenvalue weighted by Gasteiger charge is 2.47. The largest absolute Gasteiger partial charge is 0.381 e. The molecule has 120 valence electrons. The predicted molar refractivity (Wildman–Crippen MR) is 86.4 cm³/mol. The van der Waals surface area contributed by atoms with Crippen LogP contribution in [0.1, 0.15) is 66.7 Å². The first-order chi connectivity index (χ1) is 9.24. The van der Waals surface area contributed by atoms with E-state index < -0.39 is 0 Å². The molecule has 1 fully saturated rings. The van der Waals surface area contributed by atoms with E-state index in [-0.39, 0.29) is 23.6 Å². The molecule has 0 bridgehead atoms. The first-order valence-electron chi connectivity index (χ1n) is 8.31. The maximum absolute atomic E-state index is 9.00. The van der Waals surface area contributed by atoms with E-state index >= 15 is 0 Å². The van der Waals surface area contributed by atoms with Crippen LogP contribution < -0.4 is 11.1 Å². The minimum absolute atomic E-state index is 0.0680. The third-order valence-corrected chi connectivity index (χ3v) is 5.62. The number of nitrogens with one attached hydrogen (secondary N) is 1. The summed E-state index contributed by atoms with van der Waals surface area (Å²) in [6.07, 6.45) is 6.16. The van der Waals surface area contributed by atoms with Gasteiger partial charge in [0.25, 0.3) is 0 Å². The van der Waals surface area contributed by atoms with Gasteiger partial charge in [-0.05, 0) is 41.9 Å². The predicted octanol–water partition coefficient (Wildman–Crippen LogP) is 3.12. The Hall–Kier alpha value is -0.120. The molecule has 0 heterocycles. The van der Waals surface area contributed by atoms with E-state index in [4.69, 9.17) is 10.8 Å². The number of aliphatic hydroxyl groups is 1. The van der Waals surface area contributed by atoms with Crippen LogP contribution in [0.3, 0.4) is 0 Å². The van der Waals surface area contributed by atoms with Crippen molar-refractivity contribution in [3.63, 3.8) is 0 Å². The topological polar surface area (TPSA) is 58.3 Å². The van der Waals surface area contributed by atoms with Gasteiger partial charge in [-0.2, -0.15) is 0 Å². The highest BCUT2D eigenvalue weighted by atomic mass is 16.3. The van der Waals surface area contributed by atoms with Crippen molar-refractivity contribution in [2.75, 3.05) is 13.3 Å². The van der Waals surface area contributed by atoms with E-state index in [2.05, 4.69) is 39.9 Å². The molecule has 1 rings (SSSR count). The van der Waals surface area contributed by atoms with Gasteiger partial charge in [0, 0.05) is 12.6 Å². The lowest BCUT2D eigenvalue weighted by Crippen LogP contribution is -2.53. The molecule has 0 aromatic heterocycles. The van der Waals surface area contributed by atoms with Gasteiger partial charge in [0.1, 0.15) is 0 Å². The molecule has 3 heteroatoms. The molecule has 4 N–H and O–H groups in total. The zero-order chi connectivity index (χ0) is 15.4. The minimum atomic E-state index is 0.0680. The molecule has 0 aromatic carbocycles. The highest BCUT2D eigenvalue weighted by Crippen LogP contribution is 2.50. The Morgan fingerprint density at radius 3 is 2.60 bits per heavy atom. The third kappa shape index (κ3) is 4.19. The summed E-state index contributed by atoms with van der Waals surface area (Å²) in [6, 6.07) is 0.224. The summed E-state index contributed by atoms with van der Waals surface area (Å²) in [4.78, 5) is 0. The first kappa shape index (κ1) is 17.9. The SMILES string of the molecule is CC(C)CCC(C)(C)[C@@H](N)[C@]1(C)CCC[C@@H]1CNCO. The number of aliphatic hydroxyl groups excluding tert-OH is 1. The molecule has 20 heavy (non-hydrogen) atoms. The maximum atomic E-state index is 9.00. The van der Waals surface area contributed by atoms with Crippen LogP contribution in [0.5, 0.6) is 0 Å². The van der Waals surface area contributed by atoms with Crippen molar-refractivity contribution >= 4 is 0 Å². The van der Waals surface area contributed by atoms with Crippen LogP contribution in [0.2, 0.25) is 0 Å². The zero-order valence-electron chi connectivity index (χ0n) is 14.2. The fraction of sp³-hybridized carbons (Fsp3) is 1.00. The van der Waals surface area contributed by atoms with E-state index in [0.29, 0.717) is 5.92 Å². The quantitative estimate of drug-likeness (QED) is 0.600. The van der Waals surface area contributed by atoms with E-state index in [9.17, 15) is 0 Å². The normalized spacial score (nSPS) is 29.1. The summed E-state index contributed by atoms with van der Waals surface area (Å²) in [5.41, 5.74) is 7.13. The zero-order valence-corrected chi connectivity index (χ0v) is 14.2. The summed E-state index contributed by atoms with van der Waals surface area (Å²) in [6.45, 7) is 12.6. The summed E-state index contributed by atoms with van der Waals surface area (Å²) < 4.78 is 0. The lowest BCUT2D eigenvalue weighted by molar-refractivity contribution is 0.0740. The van der Waals surface area contributed by atoms with Gasteiger partial charge in [-0.3, -0.25) is 5.32 Å². The van der Waals surface area contributed by atoms with Crippen molar-refractivity contribution < 1.29 is 5.11 Å². The second-order valence-corrected chi connectivity index (χ2v) is 8.11. The van der Waals surface area contributed by atoms with Crippen LogP contribution in [0.15, 0.2) is 0 Å². The van der Waals surface area contributed by atoms with Crippen molar-refractivity contribution in [2.24, 2.45) is 28.4 Å². The average Bonchev–Trinajstić information content (AvgIpc) is 2.75. The molecule has 0 spiro atoms. The average molecular weight is 284 g/mol. The van der Waals surface area contributed by atoms with Gasteiger partial charge in [-0.15, -0.1) is 0 Å². The van der Waals surface area contributed by atoms with Crippen LogP contribution >= 0.6 is 0 Å².